The molecule has 15 heavy (non-hydrogen) atoms. The Morgan fingerprint density at radius 1 is 1.20 bits per heavy atom. The zero-order valence-electron chi connectivity index (χ0n) is 8.98. The van der Waals surface area contributed by atoms with Gasteiger partial charge in [-0.25, -0.2) is 4.79 Å². The van der Waals surface area contributed by atoms with Gasteiger partial charge < -0.3 is 4.74 Å². The largest absolute Gasteiger partial charge is 0.463 e. The van der Waals surface area contributed by atoms with Gasteiger partial charge in [-0.05, 0) is 6.42 Å². The lowest BCUT2D eigenvalue weighted by molar-refractivity contribution is -0.137. The second kappa shape index (κ2) is 12.8. The van der Waals surface area contributed by atoms with E-state index in [-0.39, 0.29) is 19.5 Å². The van der Waals surface area contributed by atoms with E-state index in [2.05, 4.69) is 11.3 Å². The summed E-state index contributed by atoms with van der Waals surface area (Å²) in [6.07, 6.45) is 2.02. The van der Waals surface area contributed by atoms with E-state index in [4.69, 9.17) is 0 Å². The second-order valence-corrected chi connectivity index (χ2v) is 2.53. The first-order chi connectivity index (χ1) is 6.81. The third-order valence-corrected chi connectivity index (χ3v) is 1.28. The summed E-state index contributed by atoms with van der Waals surface area (Å²) >= 11 is 0. The van der Waals surface area contributed by atoms with Gasteiger partial charge in [-0.15, -0.1) is 0 Å². The van der Waals surface area contributed by atoms with Crippen molar-refractivity contribution >= 4 is 19.5 Å². The Hall–Kier alpha value is -1.22. The molecule has 3 heteroatoms. The maximum absolute atomic E-state index is 10.2. The van der Waals surface area contributed by atoms with Crippen molar-refractivity contribution in [2.75, 3.05) is 6.61 Å². The molecule has 0 aromatic heterocycles. The van der Waals surface area contributed by atoms with Crippen LogP contribution in [0.1, 0.15) is 13.3 Å². The normalized spacial score (nSPS) is 7.53. The molecule has 0 aliphatic carbocycles. The van der Waals surface area contributed by atoms with Crippen molar-refractivity contribution in [3.8, 4) is 0 Å². The third kappa shape index (κ3) is 12.8. The zero-order chi connectivity index (χ0) is 10.6. The minimum Gasteiger partial charge on any atom is -0.463 e. The fourth-order valence-electron chi connectivity index (χ4n) is 0.646. The first-order valence-electron chi connectivity index (χ1n) is 4.60. The predicted octanol–water partition coefficient (Wildman–Crippen LogP) is 2.93. The van der Waals surface area contributed by atoms with Crippen molar-refractivity contribution in [1.82, 2.24) is 0 Å². The van der Waals surface area contributed by atoms with Crippen molar-refractivity contribution < 1.29 is 9.53 Å². The van der Waals surface area contributed by atoms with Gasteiger partial charge in [-0.1, -0.05) is 49.9 Å². The first kappa shape index (κ1) is 16.2. The number of carbonyl (C=O) groups is 1. The minimum atomic E-state index is -0.341. The summed E-state index contributed by atoms with van der Waals surface area (Å²) < 4.78 is 4.58. The van der Waals surface area contributed by atoms with Crippen LogP contribution in [0.25, 0.3) is 0 Å². The predicted molar refractivity (Wildman–Crippen MR) is 68.3 cm³/mol. The SMILES string of the molecule is C=CC(=O)OCCC.S.c1ccccc1. The van der Waals surface area contributed by atoms with Gasteiger partial charge in [0.25, 0.3) is 0 Å². The summed E-state index contributed by atoms with van der Waals surface area (Å²) in [6, 6.07) is 12.0. The Morgan fingerprint density at radius 2 is 1.60 bits per heavy atom. The van der Waals surface area contributed by atoms with Crippen molar-refractivity contribution in [3.05, 3.63) is 49.1 Å². The van der Waals surface area contributed by atoms with E-state index in [9.17, 15) is 4.79 Å². The van der Waals surface area contributed by atoms with E-state index in [1.165, 1.54) is 0 Å². The minimum absolute atomic E-state index is 0. The van der Waals surface area contributed by atoms with Gasteiger partial charge in [0.1, 0.15) is 0 Å². The lowest BCUT2D eigenvalue weighted by Crippen LogP contribution is -1.99. The molecule has 0 saturated carbocycles. The molecule has 2 nitrogen and oxygen atoms in total. The van der Waals surface area contributed by atoms with Crippen LogP contribution in [0.3, 0.4) is 0 Å². The summed E-state index contributed by atoms with van der Waals surface area (Å²) in [5.41, 5.74) is 0. The fourth-order valence-corrected chi connectivity index (χ4v) is 0.646. The standard InChI is InChI=1S/C6H10O2.C6H6.H2S/c1-3-5-8-6(7)4-2;1-2-4-6-5-3-1;/h4H,2-3,5H2,1H3;1-6H;1H2. The van der Waals surface area contributed by atoms with Crippen LogP contribution in [0, 0.1) is 0 Å². The lowest BCUT2D eigenvalue weighted by Gasteiger charge is -1.94. The average Bonchev–Trinajstić information content (AvgIpc) is 2.29. The summed E-state index contributed by atoms with van der Waals surface area (Å²) in [5, 5.41) is 0. The third-order valence-electron chi connectivity index (χ3n) is 1.28. The number of ether oxygens (including phenoxy) is 1. The number of hydrogen-bond acceptors (Lipinski definition) is 2. The Labute approximate surface area is 98.4 Å². The Morgan fingerprint density at radius 3 is 1.87 bits per heavy atom. The van der Waals surface area contributed by atoms with E-state index < -0.39 is 0 Å². The van der Waals surface area contributed by atoms with Gasteiger partial charge in [-0.2, -0.15) is 13.5 Å². The second-order valence-electron chi connectivity index (χ2n) is 2.53. The van der Waals surface area contributed by atoms with Crippen LogP contribution < -0.4 is 0 Å². The lowest BCUT2D eigenvalue weighted by atomic mass is 10.4. The maximum Gasteiger partial charge on any atom is 0.330 e. The van der Waals surface area contributed by atoms with Crippen molar-refractivity contribution in [3.63, 3.8) is 0 Å². The molecule has 0 spiro atoms. The average molecular weight is 226 g/mol. The summed E-state index contributed by atoms with van der Waals surface area (Å²) in [4.78, 5) is 10.2. The summed E-state index contributed by atoms with van der Waals surface area (Å²) in [5.74, 6) is -0.341. The van der Waals surface area contributed by atoms with Crippen LogP contribution in [0.2, 0.25) is 0 Å². The highest BCUT2D eigenvalue weighted by atomic mass is 32.1. The highest BCUT2D eigenvalue weighted by molar-refractivity contribution is 7.59. The quantitative estimate of drug-likeness (QED) is 0.585. The molecule has 0 N–H and O–H groups in total. The van der Waals surface area contributed by atoms with Gasteiger partial charge in [0, 0.05) is 6.08 Å². The Bertz CT molecular complexity index is 220. The number of benzene rings is 1. The number of carbonyl (C=O) groups excluding carboxylic acids is 1. The number of hydrogen-bond donors (Lipinski definition) is 0. The fraction of sp³-hybridized carbons (Fsp3) is 0.250. The van der Waals surface area contributed by atoms with Crippen LogP contribution in [-0.2, 0) is 9.53 Å². The summed E-state index contributed by atoms with van der Waals surface area (Å²) in [7, 11) is 0. The van der Waals surface area contributed by atoms with Crippen LogP contribution in [0.15, 0.2) is 49.1 Å². The molecule has 0 aliphatic rings. The van der Waals surface area contributed by atoms with Crippen molar-refractivity contribution in [1.29, 1.82) is 0 Å². The molecule has 1 aromatic rings. The molecule has 84 valence electrons. The zero-order valence-corrected chi connectivity index (χ0v) is 9.98. The highest BCUT2D eigenvalue weighted by Crippen LogP contribution is 1.81. The molecule has 0 unspecified atom stereocenters. The van der Waals surface area contributed by atoms with E-state index in [0.717, 1.165) is 12.5 Å². The number of rotatable bonds is 3. The topological polar surface area (TPSA) is 26.3 Å². The molecule has 0 fully saturated rings. The molecule has 1 rings (SSSR count). The van der Waals surface area contributed by atoms with E-state index in [1.807, 2.05) is 43.3 Å². The molecule has 0 aliphatic heterocycles. The van der Waals surface area contributed by atoms with Crippen molar-refractivity contribution in [2.24, 2.45) is 0 Å². The molecular weight excluding hydrogens is 208 g/mol. The van der Waals surface area contributed by atoms with Crippen LogP contribution in [-0.4, -0.2) is 12.6 Å². The van der Waals surface area contributed by atoms with Crippen LogP contribution in [0.5, 0.6) is 0 Å². The maximum atomic E-state index is 10.2. The van der Waals surface area contributed by atoms with E-state index >= 15 is 0 Å². The Balaban J connectivity index is 0. The Kier molecular flexibility index (Phi) is 13.8. The first-order valence-corrected chi connectivity index (χ1v) is 4.60. The summed E-state index contributed by atoms with van der Waals surface area (Å²) in [6.45, 7) is 5.67. The molecule has 1 aromatic carbocycles. The van der Waals surface area contributed by atoms with E-state index in [0.29, 0.717) is 6.61 Å². The molecule has 0 saturated heterocycles. The van der Waals surface area contributed by atoms with Crippen LogP contribution in [0.4, 0.5) is 0 Å². The molecule has 0 heterocycles. The molecular formula is C12H18O2S. The molecule has 0 radical (unpaired) electrons. The molecule has 0 bridgehead atoms. The highest BCUT2D eigenvalue weighted by Gasteiger charge is 1.89. The molecule has 0 atom stereocenters. The van der Waals surface area contributed by atoms with Gasteiger partial charge in [-0.3, -0.25) is 0 Å². The monoisotopic (exact) mass is 226 g/mol. The van der Waals surface area contributed by atoms with Gasteiger partial charge in [0.15, 0.2) is 0 Å². The number of esters is 1. The van der Waals surface area contributed by atoms with E-state index in [1.54, 1.807) is 0 Å². The van der Waals surface area contributed by atoms with Gasteiger partial charge in [0.2, 0.25) is 0 Å². The van der Waals surface area contributed by atoms with Gasteiger partial charge >= 0.3 is 5.97 Å². The molecule has 0 amide bonds. The smallest absolute Gasteiger partial charge is 0.330 e. The van der Waals surface area contributed by atoms with Crippen LogP contribution >= 0.6 is 13.5 Å². The van der Waals surface area contributed by atoms with Crippen molar-refractivity contribution in [2.45, 2.75) is 13.3 Å². The van der Waals surface area contributed by atoms with Gasteiger partial charge in [0.05, 0.1) is 6.61 Å².